The van der Waals surface area contributed by atoms with E-state index >= 15 is 0 Å². The Morgan fingerprint density at radius 2 is 1.76 bits per heavy atom. The van der Waals surface area contributed by atoms with E-state index in [1.54, 1.807) is 0 Å². The van der Waals surface area contributed by atoms with Crippen LogP contribution in [-0.4, -0.2) is 35.8 Å². The lowest BCUT2D eigenvalue weighted by Gasteiger charge is -2.32. The Morgan fingerprint density at radius 1 is 1.07 bits per heavy atom. The number of benzene rings is 2. The minimum atomic E-state index is -0.0185. The Labute approximate surface area is 178 Å². The minimum Gasteiger partial charge on any atom is -0.353 e. The maximum atomic E-state index is 12.6. The maximum absolute atomic E-state index is 12.6. The van der Waals surface area contributed by atoms with Gasteiger partial charge >= 0.3 is 0 Å². The first kappa shape index (κ1) is 21.4. The average molecular weight is 413 g/mol. The molecule has 1 saturated heterocycles. The summed E-state index contributed by atoms with van der Waals surface area (Å²) >= 11 is 6.03. The number of piperidine rings is 1. The highest BCUT2D eigenvalue weighted by atomic mass is 35.5. The molecule has 0 saturated carbocycles. The molecule has 2 aromatic rings. The third-order valence-electron chi connectivity index (χ3n) is 5.51. The number of likely N-dealkylation sites (tertiary alicyclic amines) is 1. The monoisotopic (exact) mass is 412 g/mol. The second-order valence-corrected chi connectivity index (χ2v) is 8.32. The van der Waals surface area contributed by atoms with Gasteiger partial charge in [-0.2, -0.15) is 0 Å². The summed E-state index contributed by atoms with van der Waals surface area (Å²) in [5.41, 5.74) is 2.30. The van der Waals surface area contributed by atoms with E-state index in [0.29, 0.717) is 24.5 Å². The molecule has 154 valence electrons. The molecule has 5 heteroatoms. The maximum Gasteiger partial charge on any atom is 0.223 e. The third-order valence-corrected chi connectivity index (χ3v) is 5.74. The van der Waals surface area contributed by atoms with Crippen LogP contribution in [-0.2, 0) is 22.4 Å². The molecule has 1 atom stereocenters. The van der Waals surface area contributed by atoms with Gasteiger partial charge in [-0.3, -0.25) is 9.59 Å². The summed E-state index contributed by atoms with van der Waals surface area (Å²) in [7, 11) is 0. The Bertz CT molecular complexity index is 817. The molecule has 1 N–H and O–H groups in total. The van der Waals surface area contributed by atoms with Crippen molar-refractivity contribution in [3.8, 4) is 0 Å². The van der Waals surface area contributed by atoms with Crippen LogP contribution in [0.1, 0.15) is 37.3 Å². The molecule has 0 bridgehead atoms. The quantitative estimate of drug-likeness (QED) is 0.738. The standard InChI is InChI=1S/C24H29ClN2O2/c1-18(16-20-8-5-9-22(25)17-20)26-24(29)21-12-14-27(15-13-21)23(28)11-10-19-6-3-2-4-7-19/h2-9,17-18,21H,10-16H2,1H3,(H,26,29)/t18-/m1/s1. The molecule has 1 heterocycles. The van der Waals surface area contributed by atoms with Crippen molar-refractivity contribution in [1.82, 2.24) is 10.2 Å². The van der Waals surface area contributed by atoms with Gasteiger partial charge in [-0.15, -0.1) is 0 Å². The molecule has 0 spiro atoms. The Morgan fingerprint density at radius 3 is 2.45 bits per heavy atom. The van der Waals surface area contributed by atoms with E-state index in [9.17, 15) is 9.59 Å². The number of carbonyl (C=O) groups excluding carboxylic acids is 2. The van der Waals surface area contributed by atoms with Gasteiger partial charge in [0.15, 0.2) is 0 Å². The molecule has 2 aromatic carbocycles. The summed E-state index contributed by atoms with van der Waals surface area (Å²) in [6.07, 6.45) is 3.50. The zero-order valence-electron chi connectivity index (χ0n) is 16.9. The fourth-order valence-corrected chi connectivity index (χ4v) is 4.09. The molecule has 1 aliphatic heterocycles. The van der Waals surface area contributed by atoms with Crippen molar-refractivity contribution in [3.05, 3.63) is 70.7 Å². The van der Waals surface area contributed by atoms with Gasteiger partial charge in [0.2, 0.25) is 11.8 Å². The van der Waals surface area contributed by atoms with Crippen LogP contribution >= 0.6 is 11.6 Å². The van der Waals surface area contributed by atoms with Crippen LogP contribution in [0, 0.1) is 5.92 Å². The number of halogens is 1. The second kappa shape index (κ2) is 10.4. The van der Waals surface area contributed by atoms with Crippen molar-refractivity contribution >= 4 is 23.4 Å². The van der Waals surface area contributed by atoms with Crippen LogP contribution in [0.5, 0.6) is 0 Å². The smallest absolute Gasteiger partial charge is 0.223 e. The zero-order chi connectivity index (χ0) is 20.6. The highest BCUT2D eigenvalue weighted by Gasteiger charge is 2.27. The van der Waals surface area contributed by atoms with E-state index in [4.69, 9.17) is 11.6 Å². The Kier molecular flexibility index (Phi) is 7.70. The molecule has 3 rings (SSSR count). The highest BCUT2D eigenvalue weighted by molar-refractivity contribution is 6.30. The number of carbonyl (C=O) groups is 2. The number of aryl methyl sites for hydroxylation is 1. The first-order valence-electron chi connectivity index (χ1n) is 10.4. The molecular formula is C24H29ClN2O2. The number of nitrogens with zero attached hydrogens (tertiary/aromatic N) is 1. The van der Waals surface area contributed by atoms with Gasteiger partial charge in [0, 0.05) is 36.5 Å². The van der Waals surface area contributed by atoms with E-state index in [0.717, 1.165) is 31.2 Å². The number of nitrogens with one attached hydrogen (secondary N) is 1. The molecule has 0 unspecified atom stereocenters. The van der Waals surface area contributed by atoms with Crippen molar-refractivity contribution in [2.45, 2.75) is 45.1 Å². The second-order valence-electron chi connectivity index (χ2n) is 7.88. The molecule has 0 radical (unpaired) electrons. The van der Waals surface area contributed by atoms with Gasteiger partial charge in [0.25, 0.3) is 0 Å². The van der Waals surface area contributed by atoms with E-state index in [1.165, 1.54) is 5.56 Å². The minimum absolute atomic E-state index is 0.0185. The van der Waals surface area contributed by atoms with Crippen molar-refractivity contribution < 1.29 is 9.59 Å². The van der Waals surface area contributed by atoms with Crippen molar-refractivity contribution in [3.63, 3.8) is 0 Å². The van der Waals surface area contributed by atoms with Crippen LogP contribution in [0.15, 0.2) is 54.6 Å². The van der Waals surface area contributed by atoms with Crippen LogP contribution in [0.2, 0.25) is 5.02 Å². The molecule has 2 amide bonds. The SMILES string of the molecule is C[C@H](Cc1cccc(Cl)c1)NC(=O)C1CCN(C(=O)CCc2ccccc2)CC1. The van der Waals surface area contributed by atoms with Gasteiger partial charge in [0.05, 0.1) is 0 Å². The lowest BCUT2D eigenvalue weighted by atomic mass is 9.94. The molecule has 4 nitrogen and oxygen atoms in total. The molecule has 29 heavy (non-hydrogen) atoms. The summed E-state index contributed by atoms with van der Waals surface area (Å²) in [5.74, 6) is 0.257. The Hall–Kier alpha value is -2.33. The van der Waals surface area contributed by atoms with Crippen LogP contribution in [0.4, 0.5) is 0 Å². The van der Waals surface area contributed by atoms with Crippen molar-refractivity contribution in [2.75, 3.05) is 13.1 Å². The highest BCUT2D eigenvalue weighted by Crippen LogP contribution is 2.19. The van der Waals surface area contributed by atoms with E-state index in [2.05, 4.69) is 17.4 Å². The van der Waals surface area contributed by atoms with Gasteiger partial charge in [0.1, 0.15) is 0 Å². The zero-order valence-corrected chi connectivity index (χ0v) is 17.7. The van der Waals surface area contributed by atoms with Crippen LogP contribution < -0.4 is 5.32 Å². The largest absolute Gasteiger partial charge is 0.353 e. The van der Waals surface area contributed by atoms with Gasteiger partial charge < -0.3 is 10.2 Å². The molecule has 0 aromatic heterocycles. The number of hydrogen-bond donors (Lipinski definition) is 1. The molecule has 1 aliphatic rings. The average Bonchev–Trinajstić information content (AvgIpc) is 2.72. The Balaban J connectivity index is 1.40. The fraction of sp³-hybridized carbons (Fsp3) is 0.417. The molecule has 1 fully saturated rings. The van der Waals surface area contributed by atoms with Gasteiger partial charge in [-0.1, -0.05) is 54.1 Å². The normalized spacial score (nSPS) is 15.7. The van der Waals surface area contributed by atoms with E-state index in [1.807, 2.05) is 54.3 Å². The third kappa shape index (κ3) is 6.60. The van der Waals surface area contributed by atoms with E-state index in [-0.39, 0.29) is 23.8 Å². The number of hydrogen-bond acceptors (Lipinski definition) is 2. The predicted molar refractivity (Wildman–Crippen MR) is 117 cm³/mol. The number of rotatable bonds is 7. The van der Waals surface area contributed by atoms with Crippen LogP contribution in [0.25, 0.3) is 0 Å². The lowest BCUT2D eigenvalue weighted by Crippen LogP contribution is -2.45. The molecular weight excluding hydrogens is 384 g/mol. The summed E-state index contributed by atoms with van der Waals surface area (Å²) in [6.45, 7) is 3.34. The summed E-state index contributed by atoms with van der Waals surface area (Å²) in [5, 5.41) is 3.84. The summed E-state index contributed by atoms with van der Waals surface area (Å²) in [4.78, 5) is 27.0. The molecule has 0 aliphatic carbocycles. The predicted octanol–water partition coefficient (Wildman–Crippen LogP) is 4.26. The summed E-state index contributed by atoms with van der Waals surface area (Å²) in [6, 6.07) is 17.9. The van der Waals surface area contributed by atoms with Gasteiger partial charge in [-0.05, 0) is 55.9 Å². The lowest BCUT2D eigenvalue weighted by molar-refractivity contribution is -0.135. The first-order valence-corrected chi connectivity index (χ1v) is 10.8. The van der Waals surface area contributed by atoms with Crippen molar-refractivity contribution in [2.24, 2.45) is 5.92 Å². The van der Waals surface area contributed by atoms with Crippen molar-refractivity contribution in [1.29, 1.82) is 0 Å². The summed E-state index contributed by atoms with van der Waals surface area (Å²) < 4.78 is 0. The first-order chi connectivity index (χ1) is 14.0. The van der Waals surface area contributed by atoms with Crippen LogP contribution in [0.3, 0.4) is 0 Å². The topological polar surface area (TPSA) is 49.4 Å². The number of amides is 2. The van der Waals surface area contributed by atoms with E-state index < -0.39 is 0 Å². The van der Waals surface area contributed by atoms with Gasteiger partial charge in [-0.25, -0.2) is 0 Å². The fourth-order valence-electron chi connectivity index (χ4n) is 3.87.